The van der Waals surface area contributed by atoms with E-state index >= 15 is 0 Å². The van der Waals surface area contributed by atoms with Gasteiger partial charge in [-0.3, -0.25) is 4.90 Å². The number of allylic oxidation sites excluding steroid dienone is 1. The van der Waals surface area contributed by atoms with Gasteiger partial charge in [0.15, 0.2) is 0 Å². The molecule has 10 heteroatoms. The number of hydrogen-bond acceptors (Lipinski definition) is 5. The van der Waals surface area contributed by atoms with Gasteiger partial charge >= 0.3 is 6.03 Å². The smallest absolute Gasteiger partial charge is 0.327 e. The number of carbonyl (C=O) groups is 1. The molecule has 2 amide bonds. The summed E-state index contributed by atoms with van der Waals surface area (Å²) < 4.78 is 52.1. The predicted octanol–water partition coefficient (Wildman–Crippen LogP) is 5.86. The number of rotatable bonds is 5. The van der Waals surface area contributed by atoms with Gasteiger partial charge in [0.25, 0.3) is 5.89 Å². The summed E-state index contributed by atoms with van der Waals surface area (Å²) in [6, 6.07) is 14.1. The van der Waals surface area contributed by atoms with E-state index in [9.17, 15) is 18.0 Å². The number of halogens is 3. The van der Waals surface area contributed by atoms with Crippen LogP contribution in [-0.4, -0.2) is 23.3 Å². The Balaban J connectivity index is 1.65. The zero-order chi connectivity index (χ0) is 25.4. The molecule has 1 aliphatic rings. The molecule has 2 heterocycles. The van der Waals surface area contributed by atoms with Crippen LogP contribution in [0.3, 0.4) is 0 Å². The molecule has 1 aromatic heterocycles. The summed E-state index contributed by atoms with van der Waals surface area (Å²) in [6.45, 7) is 1.62. The van der Waals surface area contributed by atoms with Crippen molar-refractivity contribution in [1.29, 1.82) is 0 Å². The van der Waals surface area contributed by atoms with Crippen molar-refractivity contribution in [2.45, 2.75) is 13.0 Å². The molecule has 3 aromatic carbocycles. The molecule has 1 unspecified atom stereocenters. The maximum absolute atomic E-state index is 14.0. The molecular formula is C26H19F3N4O3. The maximum Gasteiger partial charge on any atom is 0.327 e. The van der Waals surface area contributed by atoms with Crippen molar-refractivity contribution in [2.24, 2.45) is 0 Å². The molecular weight excluding hydrogens is 473 g/mol. The predicted molar refractivity (Wildman–Crippen MR) is 125 cm³/mol. The summed E-state index contributed by atoms with van der Waals surface area (Å²) in [6.07, 6.45) is 0. The molecule has 4 aromatic rings. The molecule has 0 saturated carbocycles. The van der Waals surface area contributed by atoms with Crippen LogP contribution in [0.15, 0.2) is 77.0 Å². The minimum Gasteiger partial charge on any atom is -0.497 e. The lowest BCUT2D eigenvalue weighted by atomic mass is 9.94. The number of aromatic nitrogens is 2. The average molecular weight is 492 g/mol. The average Bonchev–Trinajstić information content (AvgIpc) is 3.33. The van der Waals surface area contributed by atoms with Crippen LogP contribution in [0.4, 0.5) is 23.7 Å². The van der Waals surface area contributed by atoms with Gasteiger partial charge in [0.05, 0.1) is 24.4 Å². The van der Waals surface area contributed by atoms with E-state index < -0.39 is 29.5 Å². The van der Waals surface area contributed by atoms with Crippen LogP contribution in [-0.2, 0) is 0 Å². The SMILES string of the molecule is COc1ccc(C2NC(=O)N(c3cc(F)cc(F)c3)C(C)=C2c2nc(-c3ccc(F)cc3)no2)cc1. The van der Waals surface area contributed by atoms with E-state index in [0.29, 0.717) is 28.1 Å². The lowest BCUT2D eigenvalue weighted by Crippen LogP contribution is -2.46. The van der Waals surface area contributed by atoms with E-state index in [-0.39, 0.29) is 17.4 Å². The molecule has 0 saturated heterocycles. The van der Waals surface area contributed by atoms with E-state index in [1.54, 1.807) is 31.2 Å². The number of benzene rings is 3. The Morgan fingerprint density at radius 2 is 1.61 bits per heavy atom. The Kier molecular flexibility index (Phi) is 5.93. The summed E-state index contributed by atoms with van der Waals surface area (Å²) in [5, 5.41) is 6.87. The van der Waals surface area contributed by atoms with Crippen molar-refractivity contribution < 1.29 is 27.2 Å². The monoisotopic (exact) mass is 492 g/mol. The van der Waals surface area contributed by atoms with Crippen LogP contribution in [0.5, 0.6) is 5.75 Å². The first-order valence-corrected chi connectivity index (χ1v) is 10.9. The van der Waals surface area contributed by atoms with Gasteiger partial charge in [0, 0.05) is 17.3 Å². The molecule has 1 aliphatic heterocycles. The second-order valence-corrected chi connectivity index (χ2v) is 8.05. The summed E-state index contributed by atoms with van der Waals surface area (Å²) >= 11 is 0. The number of amides is 2. The summed E-state index contributed by atoms with van der Waals surface area (Å²) in [4.78, 5) is 18.8. The minimum absolute atomic E-state index is 0.00791. The zero-order valence-corrected chi connectivity index (χ0v) is 19.1. The van der Waals surface area contributed by atoms with Gasteiger partial charge in [-0.25, -0.2) is 18.0 Å². The van der Waals surface area contributed by atoms with Crippen LogP contribution in [0, 0.1) is 17.5 Å². The first-order chi connectivity index (χ1) is 17.3. The van der Waals surface area contributed by atoms with Gasteiger partial charge in [-0.2, -0.15) is 4.98 Å². The summed E-state index contributed by atoms with van der Waals surface area (Å²) in [7, 11) is 1.54. The zero-order valence-electron chi connectivity index (χ0n) is 19.1. The topological polar surface area (TPSA) is 80.5 Å². The lowest BCUT2D eigenvalue weighted by molar-refractivity contribution is 0.244. The van der Waals surface area contributed by atoms with Gasteiger partial charge in [-0.1, -0.05) is 17.3 Å². The molecule has 36 heavy (non-hydrogen) atoms. The van der Waals surface area contributed by atoms with Gasteiger partial charge in [-0.15, -0.1) is 0 Å². The molecule has 7 nitrogen and oxygen atoms in total. The van der Waals surface area contributed by atoms with Gasteiger partial charge < -0.3 is 14.6 Å². The third kappa shape index (κ3) is 4.28. The van der Waals surface area contributed by atoms with Crippen LogP contribution >= 0.6 is 0 Å². The highest BCUT2D eigenvalue weighted by atomic mass is 19.1. The number of nitrogens with one attached hydrogen (secondary N) is 1. The Hall–Kier alpha value is -4.60. The highest BCUT2D eigenvalue weighted by Crippen LogP contribution is 2.39. The highest BCUT2D eigenvalue weighted by molar-refractivity contribution is 6.01. The first kappa shape index (κ1) is 23.2. The van der Waals surface area contributed by atoms with Crippen LogP contribution in [0.1, 0.15) is 24.4 Å². The van der Waals surface area contributed by atoms with Crippen LogP contribution in [0.25, 0.3) is 17.0 Å². The third-order valence-electron chi connectivity index (χ3n) is 5.80. The van der Waals surface area contributed by atoms with Crippen molar-refractivity contribution in [1.82, 2.24) is 15.5 Å². The molecule has 0 radical (unpaired) electrons. The number of methoxy groups -OCH3 is 1. The van der Waals surface area contributed by atoms with Crippen molar-refractivity contribution in [3.8, 4) is 17.1 Å². The van der Waals surface area contributed by atoms with Crippen LogP contribution in [0.2, 0.25) is 0 Å². The standard InChI is InChI=1S/C26H19F3N4O3/c1-14-22(25-31-24(32-36-25)16-3-7-17(27)8-4-16)23(15-5-9-21(35-2)10-6-15)30-26(34)33(14)20-12-18(28)11-19(29)13-20/h3-13,23H,1-2H3,(H,30,34). The molecule has 5 rings (SSSR count). The number of urea groups is 1. The fourth-order valence-corrected chi connectivity index (χ4v) is 4.09. The van der Waals surface area contributed by atoms with Crippen molar-refractivity contribution >= 4 is 17.3 Å². The Labute approximate surface area is 203 Å². The summed E-state index contributed by atoms with van der Waals surface area (Å²) in [5.41, 5.74) is 1.95. The molecule has 0 bridgehead atoms. The second kappa shape index (κ2) is 9.21. The van der Waals surface area contributed by atoms with E-state index in [2.05, 4.69) is 15.5 Å². The Morgan fingerprint density at radius 3 is 2.25 bits per heavy atom. The Morgan fingerprint density at radius 1 is 0.944 bits per heavy atom. The summed E-state index contributed by atoms with van der Waals surface area (Å²) in [5.74, 6) is -1.17. The van der Waals surface area contributed by atoms with Gasteiger partial charge in [0.2, 0.25) is 5.82 Å². The number of anilines is 1. The van der Waals surface area contributed by atoms with E-state index in [0.717, 1.165) is 23.1 Å². The van der Waals surface area contributed by atoms with E-state index in [4.69, 9.17) is 9.26 Å². The number of hydrogen-bond donors (Lipinski definition) is 1. The largest absolute Gasteiger partial charge is 0.497 e. The van der Waals surface area contributed by atoms with Crippen LogP contribution < -0.4 is 15.0 Å². The van der Waals surface area contributed by atoms with E-state index in [1.807, 2.05) is 0 Å². The fraction of sp³-hybridized carbons (Fsp3) is 0.115. The molecule has 182 valence electrons. The van der Waals surface area contributed by atoms with Gasteiger partial charge in [0.1, 0.15) is 23.2 Å². The molecule has 1 N–H and O–H groups in total. The van der Waals surface area contributed by atoms with Gasteiger partial charge in [-0.05, 0) is 61.0 Å². The number of ether oxygens (including phenoxy) is 1. The third-order valence-corrected chi connectivity index (χ3v) is 5.80. The highest BCUT2D eigenvalue weighted by Gasteiger charge is 2.37. The van der Waals surface area contributed by atoms with Crippen molar-refractivity contribution in [3.05, 3.63) is 101 Å². The van der Waals surface area contributed by atoms with Crippen molar-refractivity contribution in [2.75, 3.05) is 12.0 Å². The number of nitrogens with zero attached hydrogens (tertiary/aromatic N) is 3. The maximum atomic E-state index is 14.0. The second-order valence-electron chi connectivity index (χ2n) is 8.05. The Bertz CT molecular complexity index is 1450. The molecule has 0 aliphatic carbocycles. The normalized spacial score (nSPS) is 15.8. The lowest BCUT2D eigenvalue weighted by Gasteiger charge is -2.35. The minimum atomic E-state index is -0.833. The molecule has 0 fully saturated rings. The quantitative estimate of drug-likeness (QED) is 0.377. The fourth-order valence-electron chi connectivity index (χ4n) is 4.09. The number of carbonyl (C=O) groups excluding carboxylic acids is 1. The molecule has 0 spiro atoms. The molecule has 1 atom stereocenters. The van der Waals surface area contributed by atoms with Crippen molar-refractivity contribution in [3.63, 3.8) is 0 Å². The first-order valence-electron chi connectivity index (χ1n) is 10.9. The van der Waals surface area contributed by atoms with E-state index in [1.165, 1.54) is 31.4 Å².